The van der Waals surface area contributed by atoms with Gasteiger partial charge in [0, 0.05) is 18.3 Å². The topological polar surface area (TPSA) is 284 Å². The van der Waals surface area contributed by atoms with Gasteiger partial charge in [0.25, 0.3) is 5.91 Å². The molecule has 10 rings (SSSR count). The number of carboxylic acid groups (broad SMARTS) is 2. The predicted molar refractivity (Wildman–Crippen MR) is 254 cm³/mol. The van der Waals surface area contributed by atoms with E-state index in [0.29, 0.717) is 33.3 Å². The lowest BCUT2D eigenvalue weighted by atomic mass is 9.57. The van der Waals surface area contributed by atoms with Crippen molar-refractivity contribution in [1.29, 1.82) is 0 Å². The molecule has 1 aliphatic heterocycles. The predicted octanol–water partition coefficient (Wildman–Crippen LogP) is 5.85. The zero-order valence-corrected chi connectivity index (χ0v) is 37.3. The summed E-state index contributed by atoms with van der Waals surface area (Å²) < 4.78 is 0. The number of amides is 4. The molecule has 6 aromatic carbocycles. The summed E-state index contributed by atoms with van der Waals surface area (Å²) in [6.45, 7) is 3.56. The first-order valence-electron chi connectivity index (χ1n) is 21.8. The molecule has 2 aromatic heterocycles. The molecule has 1 saturated carbocycles. The van der Waals surface area contributed by atoms with Gasteiger partial charge in [0.05, 0.1) is 47.2 Å². The van der Waals surface area contributed by atoms with Crippen molar-refractivity contribution in [2.75, 3.05) is 27.9 Å². The van der Waals surface area contributed by atoms with Gasteiger partial charge in [0.2, 0.25) is 17.7 Å². The number of aryl methyl sites for hydroxylation is 2. The summed E-state index contributed by atoms with van der Waals surface area (Å²) in [6, 6.07) is 29.0. The molecule has 20 nitrogen and oxygen atoms in total. The van der Waals surface area contributed by atoms with Crippen molar-refractivity contribution in [3.8, 4) is 34.0 Å². The van der Waals surface area contributed by atoms with Crippen LogP contribution in [-0.2, 0) is 30.4 Å². The van der Waals surface area contributed by atoms with E-state index in [9.17, 15) is 49.2 Å². The lowest BCUT2D eigenvalue weighted by molar-refractivity contribution is -0.166. The molecular weight excluding hydrogens is 901 g/mol. The second kappa shape index (κ2) is 17.0. The number of phenolic OH excluding ortho intramolecular Hbond substituents is 2. The summed E-state index contributed by atoms with van der Waals surface area (Å²) in [5, 5.41) is 70.6. The maximum Gasteiger partial charge on any atom is 0.308 e. The second-order valence-electron chi connectivity index (χ2n) is 17.1. The van der Waals surface area contributed by atoms with Crippen molar-refractivity contribution < 1.29 is 49.2 Å². The van der Waals surface area contributed by atoms with Crippen molar-refractivity contribution >= 4 is 80.4 Å². The molecule has 2 aliphatic rings. The molecule has 0 spiro atoms. The Bertz CT molecular complexity index is 3480. The van der Waals surface area contributed by atoms with E-state index in [1.165, 1.54) is 36.4 Å². The van der Waals surface area contributed by atoms with Crippen molar-refractivity contribution in [1.82, 2.24) is 30.0 Å². The first-order chi connectivity index (χ1) is 33.6. The minimum atomic E-state index is -1.60. The van der Waals surface area contributed by atoms with Crippen LogP contribution in [0.5, 0.6) is 11.5 Å². The molecule has 350 valence electrons. The molecule has 4 atom stereocenters. The number of carbonyl (C=O) groups excluding carboxylic acids is 4. The highest BCUT2D eigenvalue weighted by molar-refractivity contribution is 6.26. The molecule has 7 N–H and O–H groups in total. The number of hydrogen-bond acceptors (Lipinski definition) is 13. The Hall–Kier alpha value is -9.46. The monoisotopic (exact) mass is 940 g/mol. The minimum absolute atomic E-state index is 0.0302. The molecule has 0 radical (unpaired) electrons. The van der Waals surface area contributed by atoms with Crippen molar-refractivity contribution in [3.63, 3.8) is 0 Å². The molecule has 8 aromatic rings. The number of anilines is 4. The third-order valence-corrected chi connectivity index (χ3v) is 12.9. The number of nitrogens with one attached hydrogen (secondary N) is 3. The number of carbonyl (C=O) groups is 6. The average molecular weight is 941 g/mol. The SMILES string of the molecule is CNc1ccc(N2C(=O)C3C(C(=O)O)C(C(=O)Nc4cc(-c5cc(NC(=O)c6cc(C)c(C)cc6CC(=O)O)c(O)c(-n6nc7ccccc7n6)c5)cc(-n5nc6ccccc6n5)c4O)C3C2=O)cc1. The van der Waals surface area contributed by atoms with E-state index < -0.39 is 77.2 Å². The number of aromatic hydroxyl groups is 2. The highest BCUT2D eigenvalue weighted by atomic mass is 16.4. The number of hydrogen-bond donors (Lipinski definition) is 7. The van der Waals surface area contributed by atoms with Crippen LogP contribution in [0.15, 0.2) is 109 Å². The summed E-state index contributed by atoms with van der Waals surface area (Å²) in [5.74, 6) is -12.7. The van der Waals surface area contributed by atoms with Gasteiger partial charge in [-0.05, 0) is 121 Å². The number of carboxylic acids is 2. The Morgan fingerprint density at radius 2 is 1.09 bits per heavy atom. The standard InChI is InChI=1S/C50H40N10O10/c1-23-16-27(22-39(61)62)30(17-24(23)2)46(65)52-35-18-25(20-37(44(35)63)59-54-31-8-4-5-9-32(31)55-59)26-19-36(45(64)38(21-26)60-56-33-10-6-7-11-34(33)57-60)53-47(66)40-41-42(43(40)50(69)70)49(68)58(48(41)67)29-14-12-28(51-3)13-15-29/h4-21,40-43,51,63-64H,22H2,1-3H3,(H,52,65)(H,53,66)(H,61,62)(H,69,70). The van der Waals surface area contributed by atoms with Gasteiger partial charge in [-0.1, -0.05) is 30.3 Å². The van der Waals surface area contributed by atoms with E-state index in [-0.39, 0.29) is 50.7 Å². The fourth-order valence-corrected chi connectivity index (χ4v) is 9.24. The fraction of sp³-hybridized carbons (Fsp3) is 0.160. The maximum atomic E-state index is 14.5. The number of rotatable bonds is 12. The molecule has 3 heterocycles. The van der Waals surface area contributed by atoms with E-state index in [1.54, 1.807) is 93.7 Å². The van der Waals surface area contributed by atoms with Crippen molar-refractivity contribution in [2.24, 2.45) is 23.7 Å². The molecule has 0 bridgehead atoms. The highest BCUT2D eigenvalue weighted by Crippen LogP contribution is 2.54. The van der Waals surface area contributed by atoms with E-state index in [1.807, 2.05) is 0 Å². The first-order valence-corrected chi connectivity index (χ1v) is 21.8. The lowest BCUT2D eigenvalue weighted by Crippen LogP contribution is -2.56. The van der Waals surface area contributed by atoms with Crippen LogP contribution in [0.25, 0.3) is 44.6 Å². The number of nitrogens with zero attached hydrogens (tertiary/aromatic N) is 7. The number of aromatic nitrogens is 6. The number of phenols is 2. The van der Waals surface area contributed by atoms with Crippen LogP contribution in [0, 0.1) is 37.5 Å². The summed E-state index contributed by atoms with van der Waals surface area (Å²) in [7, 11) is 1.70. The van der Waals surface area contributed by atoms with E-state index in [2.05, 4.69) is 36.3 Å². The quantitative estimate of drug-likeness (QED) is 0.0559. The Kier molecular flexibility index (Phi) is 10.8. The fourth-order valence-electron chi connectivity index (χ4n) is 9.24. The zero-order chi connectivity index (χ0) is 49.3. The number of aliphatic carboxylic acids is 2. The van der Waals surface area contributed by atoms with Crippen molar-refractivity contribution in [3.05, 3.63) is 131 Å². The Balaban J connectivity index is 1.10. The lowest BCUT2D eigenvalue weighted by Gasteiger charge is -2.41. The Morgan fingerprint density at radius 3 is 1.56 bits per heavy atom. The van der Waals surface area contributed by atoms with Crippen LogP contribution in [0.4, 0.5) is 22.7 Å². The van der Waals surface area contributed by atoms with Crippen LogP contribution in [-0.4, -0.2) is 93.0 Å². The van der Waals surface area contributed by atoms with E-state index in [0.717, 1.165) is 20.1 Å². The number of imide groups is 1. The summed E-state index contributed by atoms with van der Waals surface area (Å²) >= 11 is 0. The summed E-state index contributed by atoms with van der Waals surface area (Å²) in [4.78, 5) is 84.3. The highest BCUT2D eigenvalue weighted by Gasteiger charge is 2.69. The molecule has 1 saturated heterocycles. The van der Waals surface area contributed by atoms with Crippen LogP contribution in [0.3, 0.4) is 0 Å². The molecule has 4 unspecified atom stereocenters. The van der Waals surface area contributed by atoms with Gasteiger partial charge in [0.1, 0.15) is 33.4 Å². The molecule has 4 amide bonds. The van der Waals surface area contributed by atoms with Crippen LogP contribution >= 0.6 is 0 Å². The van der Waals surface area contributed by atoms with E-state index in [4.69, 9.17) is 0 Å². The summed E-state index contributed by atoms with van der Waals surface area (Å²) in [5.41, 5.74) is 4.37. The first kappa shape index (κ1) is 44.4. The normalized spacial score (nSPS) is 17.3. The third kappa shape index (κ3) is 7.52. The number of benzene rings is 6. The molecular formula is C50H40N10O10. The van der Waals surface area contributed by atoms with Crippen LogP contribution in [0.2, 0.25) is 0 Å². The molecule has 2 fully saturated rings. The van der Waals surface area contributed by atoms with Gasteiger partial charge < -0.3 is 36.4 Å². The average Bonchev–Trinajstić information content (AvgIpc) is 4.01. The maximum absolute atomic E-state index is 14.5. The van der Waals surface area contributed by atoms with Gasteiger partial charge >= 0.3 is 11.9 Å². The zero-order valence-electron chi connectivity index (χ0n) is 37.3. The van der Waals surface area contributed by atoms with Crippen LogP contribution < -0.4 is 20.9 Å². The van der Waals surface area contributed by atoms with Crippen molar-refractivity contribution in [2.45, 2.75) is 20.3 Å². The smallest absolute Gasteiger partial charge is 0.308 e. The summed E-state index contributed by atoms with van der Waals surface area (Å²) in [6.07, 6.45) is -0.463. The van der Waals surface area contributed by atoms with E-state index >= 15 is 0 Å². The van der Waals surface area contributed by atoms with Gasteiger partial charge in [-0.3, -0.25) is 33.7 Å². The van der Waals surface area contributed by atoms with Gasteiger partial charge in [-0.25, -0.2) is 0 Å². The molecule has 1 aliphatic carbocycles. The minimum Gasteiger partial charge on any atom is -0.504 e. The van der Waals surface area contributed by atoms with Gasteiger partial charge in [0.15, 0.2) is 11.5 Å². The molecule has 70 heavy (non-hydrogen) atoms. The Labute approximate surface area is 395 Å². The third-order valence-electron chi connectivity index (χ3n) is 12.9. The Morgan fingerprint density at radius 1 is 0.614 bits per heavy atom. The van der Waals surface area contributed by atoms with Gasteiger partial charge in [-0.2, -0.15) is 0 Å². The van der Waals surface area contributed by atoms with Gasteiger partial charge in [-0.15, -0.1) is 30.0 Å². The largest absolute Gasteiger partial charge is 0.504 e. The number of fused-ring (bicyclic) bond motifs is 3. The second-order valence-corrected chi connectivity index (χ2v) is 17.1. The molecule has 20 heteroatoms. The van der Waals surface area contributed by atoms with Crippen LogP contribution in [0.1, 0.15) is 27.0 Å².